The van der Waals surface area contributed by atoms with Crippen LogP contribution in [0.2, 0.25) is 0 Å². The van der Waals surface area contributed by atoms with Crippen LogP contribution in [0.15, 0.2) is 27.2 Å². The fourth-order valence-electron chi connectivity index (χ4n) is 1.30. The zero-order chi connectivity index (χ0) is 13.7. The summed E-state index contributed by atoms with van der Waals surface area (Å²) >= 11 is 3.12. The minimum absolute atomic E-state index is 0.607. The summed E-state index contributed by atoms with van der Waals surface area (Å²) < 4.78 is 6.13. The average Bonchev–Trinajstić information content (AvgIpc) is 2.94. The molecule has 19 heavy (non-hydrogen) atoms. The van der Waals surface area contributed by atoms with Crippen molar-refractivity contribution in [3.05, 3.63) is 24.2 Å². The van der Waals surface area contributed by atoms with E-state index in [0.29, 0.717) is 6.54 Å². The van der Waals surface area contributed by atoms with Gasteiger partial charge in [0.2, 0.25) is 5.13 Å². The highest BCUT2D eigenvalue weighted by molar-refractivity contribution is 8.01. The van der Waals surface area contributed by atoms with E-state index in [9.17, 15) is 5.11 Å². The Balaban J connectivity index is 1.75. The Bertz CT molecular complexity index is 491. The van der Waals surface area contributed by atoms with E-state index < -0.39 is 5.60 Å². The van der Waals surface area contributed by atoms with E-state index in [1.807, 2.05) is 26.0 Å². The number of rotatable bonds is 7. The zero-order valence-corrected chi connectivity index (χ0v) is 12.6. The number of aromatic nitrogens is 2. The van der Waals surface area contributed by atoms with Crippen LogP contribution >= 0.6 is 23.1 Å². The van der Waals surface area contributed by atoms with E-state index in [0.717, 1.165) is 27.4 Å². The molecule has 2 heterocycles. The second kappa shape index (κ2) is 6.40. The average molecular weight is 299 g/mol. The summed E-state index contributed by atoms with van der Waals surface area (Å²) in [5, 5.41) is 21.7. The first-order valence-electron chi connectivity index (χ1n) is 5.98. The highest BCUT2D eigenvalue weighted by Crippen LogP contribution is 2.27. The van der Waals surface area contributed by atoms with Gasteiger partial charge in [-0.15, -0.1) is 10.2 Å². The molecule has 0 aliphatic rings. The third kappa shape index (κ3) is 5.22. The molecule has 0 bridgehead atoms. The molecule has 0 saturated heterocycles. The van der Waals surface area contributed by atoms with Gasteiger partial charge in [0.25, 0.3) is 0 Å². The summed E-state index contributed by atoms with van der Waals surface area (Å²) in [7, 11) is 0. The van der Waals surface area contributed by atoms with Crippen LogP contribution in [-0.2, 0) is 6.54 Å². The topological polar surface area (TPSA) is 71.2 Å². The summed E-state index contributed by atoms with van der Waals surface area (Å²) in [5.41, 5.74) is -0.627. The van der Waals surface area contributed by atoms with E-state index in [4.69, 9.17) is 4.42 Å². The van der Waals surface area contributed by atoms with Gasteiger partial charge in [-0.2, -0.15) is 0 Å². The summed E-state index contributed by atoms with van der Waals surface area (Å²) in [6.07, 6.45) is 2.38. The quantitative estimate of drug-likeness (QED) is 0.766. The van der Waals surface area contributed by atoms with Crippen LogP contribution in [0.4, 0.5) is 5.13 Å². The smallest absolute Gasteiger partial charge is 0.206 e. The number of nitrogens with zero attached hydrogens (tertiary/aromatic N) is 2. The van der Waals surface area contributed by atoms with Crippen LogP contribution in [0.3, 0.4) is 0 Å². The van der Waals surface area contributed by atoms with Gasteiger partial charge in [-0.05, 0) is 32.4 Å². The monoisotopic (exact) mass is 299 g/mol. The molecule has 0 unspecified atom stereocenters. The van der Waals surface area contributed by atoms with Gasteiger partial charge in [-0.25, -0.2) is 0 Å². The Kier molecular flexibility index (Phi) is 4.84. The highest BCUT2D eigenvalue weighted by Gasteiger charge is 2.13. The first-order chi connectivity index (χ1) is 9.03. The highest BCUT2D eigenvalue weighted by atomic mass is 32.2. The second-order valence-corrected chi connectivity index (χ2v) is 7.04. The zero-order valence-electron chi connectivity index (χ0n) is 10.9. The molecule has 2 aromatic heterocycles. The number of hydrogen-bond acceptors (Lipinski definition) is 7. The summed E-state index contributed by atoms with van der Waals surface area (Å²) in [6, 6.07) is 3.77. The van der Waals surface area contributed by atoms with E-state index in [1.54, 1.807) is 18.0 Å². The number of nitrogens with one attached hydrogen (secondary N) is 1. The van der Waals surface area contributed by atoms with Crippen LogP contribution < -0.4 is 5.32 Å². The number of anilines is 1. The Morgan fingerprint density at radius 2 is 2.32 bits per heavy atom. The van der Waals surface area contributed by atoms with Gasteiger partial charge in [-0.1, -0.05) is 23.1 Å². The molecule has 2 aromatic rings. The number of furan rings is 1. The lowest BCUT2D eigenvalue weighted by atomic mass is 10.1. The Morgan fingerprint density at radius 3 is 3.00 bits per heavy atom. The first kappa shape index (κ1) is 14.4. The largest absolute Gasteiger partial charge is 0.467 e. The summed E-state index contributed by atoms with van der Waals surface area (Å²) in [6.45, 7) is 4.23. The maximum atomic E-state index is 9.62. The van der Waals surface area contributed by atoms with Crippen LogP contribution in [0.25, 0.3) is 0 Å². The maximum absolute atomic E-state index is 9.62. The molecule has 0 amide bonds. The van der Waals surface area contributed by atoms with Crippen LogP contribution in [-0.4, -0.2) is 26.7 Å². The molecule has 2 N–H and O–H groups in total. The molecule has 7 heteroatoms. The van der Waals surface area contributed by atoms with Crippen molar-refractivity contribution in [3.8, 4) is 0 Å². The van der Waals surface area contributed by atoms with E-state index in [2.05, 4.69) is 15.5 Å². The van der Waals surface area contributed by atoms with Gasteiger partial charge in [0, 0.05) is 5.75 Å². The van der Waals surface area contributed by atoms with Crippen molar-refractivity contribution < 1.29 is 9.52 Å². The molecule has 0 aliphatic heterocycles. The molecule has 0 radical (unpaired) electrons. The SMILES string of the molecule is CC(C)(O)CCSc1nnc(NCc2ccco2)s1. The Morgan fingerprint density at radius 1 is 1.47 bits per heavy atom. The number of thioether (sulfide) groups is 1. The normalized spacial score (nSPS) is 11.7. The molecule has 2 rings (SSSR count). The Labute approximate surface area is 120 Å². The van der Waals surface area contributed by atoms with Gasteiger partial charge in [0.1, 0.15) is 5.76 Å². The van der Waals surface area contributed by atoms with Crippen molar-refractivity contribution in [2.75, 3.05) is 11.1 Å². The lowest BCUT2D eigenvalue weighted by molar-refractivity contribution is 0.0777. The van der Waals surface area contributed by atoms with Crippen molar-refractivity contribution in [2.45, 2.75) is 36.8 Å². The van der Waals surface area contributed by atoms with Crippen LogP contribution in [0.1, 0.15) is 26.0 Å². The fraction of sp³-hybridized carbons (Fsp3) is 0.500. The Hall–Kier alpha value is -1.05. The molecule has 0 aliphatic carbocycles. The van der Waals surface area contributed by atoms with E-state index in [-0.39, 0.29) is 0 Å². The fourth-order valence-corrected chi connectivity index (χ4v) is 3.37. The molecule has 0 atom stereocenters. The predicted octanol–water partition coefficient (Wildman–Crippen LogP) is 3.00. The second-order valence-electron chi connectivity index (χ2n) is 4.72. The third-order valence-electron chi connectivity index (χ3n) is 2.34. The first-order valence-corrected chi connectivity index (χ1v) is 7.78. The lowest BCUT2D eigenvalue weighted by Crippen LogP contribution is -2.18. The van der Waals surface area contributed by atoms with Gasteiger partial charge < -0.3 is 14.8 Å². The van der Waals surface area contributed by atoms with Crippen molar-refractivity contribution in [1.29, 1.82) is 0 Å². The van der Waals surface area contributed by atoms with Gasteiger partial charge in [-0.3, -0.25) is 0 Å². The minimum atomic E-state index is -0.627. The van der Waals surface area contributed by atoms with Crippen molar-refractivity contribution >= 4 is 28.2 Å². The van der Waals surface area contributed by atoms with Gasteiger partial charge >= 0.3 is 0 Å². The molecule has 0 aromatic carbocycles. The van der Waals surface area contributed by atoms with E-state index in [1.165, 1.54) is 11.3 Å². The lowest BCUT2D eigenvalue weighted by Gasteiger charge is -2.15. The molecular formula is C12H17N3O2S2. The number of hydrogen-bond donors (Lipinski definition) is 2. The molecule has 5 nitrogen and oxygen atoms in total. The molecule has 0 spiro atoms. The maximum Gasteiger partial charge on any atom is 0.206 e. The van der Waals surface area contributed by atoms with Gasteiger partial charge in [0.05, 0.1) is 18.4 Å². The molecule has 0 saturated carbocycles. The minimum Gasteiger partial charge on any atom is -0.467 e. The number of aliphatic hydroxyl groups is 1. The molecule has 104 valence electrons. The van der Waals surface area contributed by atoms with Crippen LogP contribution in [0, 0.1) is 0 Å². The van der Waals surface area contributed by atoms with Gasteiger partial charge in [0.15, 0.2) is 4.34 Å². The van der Waals surface area contributed by atoms with Crippen molar-refractivity contribution in [1.82, 2.24) is 10.2 Å². The summed E-state index contributed by atoms with van der Waals surface area (Å²) in [5.74, 6) is 1.70. The summed E-state index contributed by atoms with van der Waals surface area (Å²) in [4.78, 5) is 0. The van der Waals surface area contributed by atoms with Crippen molar-refractivity contribution in [2.24, 2.45) is 0 Å². The third-order valence-corrected chi connectivity index (χ3v) is 4.36. The van der Waals surface area contributed by atoms with E-state index >= 15 is 0 Å². The van der Waals surface area contributed by atoms with Crippen molar-refractivity contribution in [3.63, 3.8) is 0 Å². The van der Waals surface area contributed by atoms with Crippen LogP contribution in [0.5, 0.6) is 0 Å². The predicted molar refractivity (Wildman–Crippen MR) is 77.6 cm³/mol. The molecular weight excluding hydrogens is 282 g/mol. The molecule has 0 fully saturated rings. The standard InChI is InChI=1S/C12H17N3O2S2/c1-12(2,16)5-7-18-11-15-14-10(19-11)13-8-9-4-3-6-17-9/h3-4,6,16H,5,7-8H2,1-2H3,(H,13,14).